The van der Waals surface area contributed by atoms with Crippen molar-refractivity contribution in [2.24, 2.45) is 0 Å². The number of para-hydroxylation sites is 1. The topological polar surface area (TPSA) is 76.1 Å². The van der Waals surface area contributed by atoms with Crippen LogP contribution in [0.15, 0.2) is 72.3 Å². The third kappa shape index (κ3) is 3.84. The van der Waals surface area contributed by atoms with Crippen LogP contribution in [0.3, 0.4) is 0 Å². The van der Waals surface area contributed by atoms with Crippen molar-refractivity contribution in [3.63, 3.8) is 0 Å². The minimum absolute atomic E-state index is 0.000376. The van der Waals surface area contributed by atoms with Gasteiger partial charge in [0.2, 0.25) is 0 Å². The second-order valence-electron chi connectivity index (χ2n) is 7.94. The Morgan fingerprint density at radius 1 is 0.909 bits per heavy atom. The number of ether oxygens (including phenoxy) is 2. The van der Waals surface area contributed by atoms with Gasteiger partial charge in [0.1, 0.15) is 17.3 Å². The van der Waals surface area contributed by atoms with Crippen molar-refractivity contribution in [1.82, 2.24) is 0 Å². The summed E-state index contributed by atoms with van der Waals surface area (Å²) in [5, 5.41) is 11.4. The lowest BCUT2D eigenvalue weighted by atomic mass is 9.93. The average Bonchev–Trinajstić information content (AvgIpc) is 3.09. The van der Waals surface area contributed by atoms with Gasteiger partial charge >= 0.3 is 0 Å². The van der Waals surface area contributed by atoms with Gasteiger partial charge in [-0.15, -0.1) is 0 Å². The highest BCUT2D eigenvalue weighted by Crippen LogP contribution is 2.44. The highest BCUT2D eigenvalue weighted by atomic mass is 16.5. The highest BCUT2D eigenvalue weighted by molar-refractivity contribution is 6.51. The van der Waals surface area contributed by atoms with Crippen molar-refractivity contribution in [3.8, 4) is 11.5 Å². The molecule has 0 aromatic heterocycles. The molecule has 1 saturated heterocycles. The lowest BCUT2D eigenvalue weighted by Crippen LogP contribution is -2.30. The number of carbonyl (C=O) groups excluding carboxylic acids is 2. The number of ketones is 1. The smallest absolute Gasteiger partial charge is 0.300 e. The van der Waals surface area contributed by atoms with E-state index in [1.807, 2.05) is 56.3 Å². The van der Waals surface area contributed by atoms with E-state index in [0.29, 0.717) is 17.2 Å². The van der Waals surface area contributed by atoms with Crippen LogP contribution in [0.25, 0.3) is 5.76 Å². The number of aryl methyl sites for hydroxylation is 2. The lowest BCUT2D eigenvalue weighted by molar-refractivity contribution is -0.132. The molecule has 1 fully saturated rings. The molecular formula is C27H25NO5. The zero-order valence-electron chi connectivity index (χ0n) is 19.0. The van der Waals surface area contributed by atoms with E-state index in [0.717, 1.165) is 16.7 Å². The van der Waals surface area contributed by atoms with Crippen molar-refractivity contribution in [1.29, 1.82) is 0 Å². The van der Waals surface area contributed by atoms with Gasteiger partial charge in [-0.3, -0.25) is 14.5 Å². The summed E-state index contributed by atoms with van der Waals surface area (Å²) in [6, 6.07) is 19.1. The molecule has 1 atom stereocenters. The first-order valence-electron chi connectivity index (χ1n) is 10.5. The quantitative estimate of drug-likeness (QED) is 0.343. The van der Waals surface area contributed by atoms with E-state index in [4.69, 9.17) is 9.47 Å². The van der Waals surface area contributed by atoms with Crippen molar-refractivity contribution in [2.45, 2.75) is 19.9 Å². The molecule has 4 rings (SSSR count). The first kappa shape index (κ1) is 22.1. The van der Waals surface area contributed by atoms with Crippen molar-refractivity contribution in [3.05, 3.63) is 94.6 Å². The van der Waals surface area contributed by atoms with Gasteiger partial charge in [-0.05, 0) is 49.2 Å². The van der Waals surface area contributed by atoms with Gasteiger partial charge < -0.3 is 14.6 Å². The van der Waals surface area contributed by atoms with E-state index in [1.54, 1.807) is 24.3 Å². The van der Waals surface area contributed by atoms with E-state index in [-0.39, 0.29) is 16.9 Å². The summed E-state index contributed by atoms with van der Waals surface area (Å²) in [4.78, 5) is 28.1. The van der Waals surface area contributed by atoms with E-state index < -0.39 is 17.7 Å². The number of methoxy groups -OCH3 is 2. The number of aliphatic hydroxyl groups excluding tert-OH is 1. The van der Waals surface area contributed by atoms with Crippen molar-refractivity contribution in [2.75, 3.05) is 19.1 Å². The largest absolute Gasteiger partial charge is 0.507 e. The van der Waals surface area contributed by atoms with Crippen LogP contribution < -0.4 is 14.4 Å². The van der Waals surface area contributed by atoms with Crippen LogP contribution in [-0.2, 0) is 9.59 Å². The number of Topliss-reactive ketones (excluding diaryl/α,β-unsaturated/α-hetero) is 1. The van der Waals surface area contributed by atoms with Gasteiger partial charge in [0, 0.05) is 5.69 Å². The fourth-order valence-corrected chi connectivity index (χ4v) is 4.21. The Morgan fingerprint density at radius 2 is 1.67 bits per heavy atom. The predicted molar refractivity (Wildman–Crippen MR) is 127 cm³/mol. The molecule has 3 aromatic carbocycles. The highest BCUT2D eigenvalue weighted by Gasteiger charge is 2.47. The molecule has 1 unspecified atom stereocenters. The number of rotatable bonds is 5. The molecule has 1 aliphatic rings. The number of carbonyl (C=O) groups is 2. The Kier molecular flexibility index (Phi) is 5.92. The van der Waals surface area contributed by atoms with Crippen LogP contribution in [-0.4, -0.2) is 31.0 Å². The van der Waals surface area contributed by atoms with Gasteiger partial charge in [-0.1, -0.05) is 48.0 Å². The van der Waals surface area contributed by atoms with E-state index in [1.165, 1.54) is 19.1 Å². The Labute approximate surface area is 192 Å². The second-order valence-corrected chi connectivity index (χ2v) is 7.94. The summed E-state index contributed by atoms with van der Waals surface area (Å²) in [7, 11) is 2.98. The van der Waals surface area contributed by atoms with E-state index in [2.05, 4.69) is 0 Å². The molecule has 0 radical (unpaired) electrons. The third-order valence-electron chi connectivity index (χ3n) is 5.84. The first-order chi connectivity index (χ1) is 15.9. The number of hydrogen-bond donors (Lipinski definition) is 1. The molecule has 33 heavy (non-hydrogen) atoms. The van der Waals surface area contributed by atoms with Crippen molar-refractivity contribution < 1.29 is 24.2 Å². The Bertz CT molecular complexity index is 1280. The maximum Gasteiger partial charge on any atom is 0.300 e. The summed E-state index contributed by atoms with van der Waals surface area (Å²) in [6.45, 7) is 3.82. The van der Waals surface area contributed by atoms with Gasteiger partial charge in [0.05, 0.1) is 31.4 Å². The Hall–Kier alpha value is -4.06. The number of amides is 1. The molecule has 6 heteroatoms. The number of benzene rings is 3. The zero-order valence-corrected chi connectivity index (χ0v) is 19.0. The molecule has 0 aliphatic carbocycles. The molecule has 3 aromatic rings. The van der Waals surface area contributed by atoms with Gasteiger partial charge in [0.15, 0.2) is 0 Å². The van der Waals surface area contributed by atoms with Crippen LogP contribution in [0.2, 0.25) is 0 Å². The molecular weight excluding hydrogens is 418 g/mol. The standard InChI is InChI=1S/C27H25NO5/c1-16-8-7-10-18(14-16)24-23(25(29)20-15-19(32-3)12-13-22(20)33-4)26(30)27(31)28(24)21-11-6-5-9-17(21)2/h5-15,24,29H,1-4H3/b25-23+. The molecule has 168 valence electrons. The Balaban J connectivity index is 2.01. The van der Waals surface area contributed by atoms with Crippen LogP contribution in [0.4, 0.5) is 5.69 Å². The minimum Gasteiger partial charge on any atom is -0.507 e. The van der Waals surface area contributed by atoms with E-state index >= 15 is 0 Å². The molecule has 1 aliphatic heterocycles. The average molecular weight is 443 g/mol. The number of hydrogen-bond acceptors (Lipinski definition) is 5. The molecule has 0 bridgehead atoms. The fourth-order valence-electron chi connectivity index (χ4n) is 4.21. The molecule has 0 saturated carbocycles. The Morgan fingerprint density at radius 3 is 2.33 bits per heavy atom. The van der Waals surface area contributed by atoms with Crippen LogP contribution >= 0.6 is 0 Å². The molecule has 1 heterocycles. The molecule has 1 amide bonds. The van der Waals surface area contributed by atoms with Crippen LogP contribution in [0.1, 0.15) is 28.3 Å². The lowest BCUT2D eigenvalue weighted by Gasteiger charge is -2.27. The summed E-state index contributed by atoms with van der Waals surface area (Å²) >= 11 is 0. The first-order valence-corrected chi connectivity index (χ1v) is 10.5. The normalized spacial score (nSPS) is 17.3. The van der Waals surface area contributed by atoms with Gasteiger partial charge in [0.25, 0.3) is 11.7 Å². The summed E-state index contributed by atoms with van der Waals surface area (Å²) in [5.41, 5.74) is 3.43. The molecule has 1 N–H and O–H groups in total. The SMILES string of the molecule is COc1ccc(OC)c(/C(O)=C2\C(=O)C(=O)N(c3ccccc3C)C2c2cccc(C)c2)c1. The molecule has 0 spiro atoms. The minimum atomic E-state index is -0.804. The van der Waals surface area contributed by atoms with Gasteiger partial charge in [-0.2, -0.15) is 0 Å². The van der Waals surface area contributed by atoms with Gasteiger partial charge in [-0.25, -0.2) is 0 Å². The maximum atomic E-state index is 13.4. The van der Waals surface area contributed by atoms with Crippen LogP contribution in [0.5, 0.6) is 11.5 Å². The third-order valence-corrected chi connectivity index (χ3v) is 5.84. The second kappa shape index (κ2) is 8.82. The fraction of sp³-hybridized carbons (Fsp3) is 0.185. The number of anilines is 1. The van der Waals surface area contributed by atoms with Crippen LogP contribution in [0, 0.1) is 13.8 Å². The number of aliphatic hydroxyl groups is 1. The van der Waals surface area contributed by atoms with Crippen molar-refractivity contribution >= 4 is 23.1 Å². The summed E-state index contributed by atoms with van der Waals surface area (Å²) in [5.74, 6) is -0.922. The summed E-state index contributed by atoms with van der Waals surface area (Å²) in [6.07, 6.45) is 0. The monoisotopic (exact) mass is 443 g/mol. The predicted octanol–water partition coefficient (Wildman–Crippen LogP) is 4.95. The zero-order chi connectivity index (χ0) is 23.7. The number of nitrogens with zero attached hydrogens (tertiary/aromatic N) is 1. The molecule has 6 nitrogen and oxygen atoms in total. The maximum absolute atomic E-state index is 13.4. The summed E-state index contributed by atoms with van der Waals surface area (Å²) < 4.78 is 10.7. The van der Waals surface area contributed by atoms with E-state index in [9.17, 15) is 14.7 Å².